The fraction of sp³-hybridized carbons (Fsp3) is 0.333. The molecule has 0 saturated carbocycles. The van der Waals surface area contributed by atoms with Crippen LogP contribution in [0.3, 0.4) is 0 Å². The lowest BCUT2D eigenvalue weighted by Crippen LogP contribution is -2.22. The van der Waals surface area contributed by atoms with Crippen molar-refractivity contribution in [3.05, 3.63) is 57.0 Å². The van der Waals surface area contributed by atoms with Gasteiger partial charge in [-0.15, -0.1) is 0 Å². The van der Waals surface area contributed by atoms with Gasteiger partial charge >= 0.3 is 0 Å². The van der Waals surface area contributed by atoms with Gasteiger partial charge < -0.3 is 14.8 Å². The van der Waals surface area contributed by atoms with E-state index in [1.807, 2.05) is 36.4 Å². The van der Waals surface area contributed by atoms with E-state index in [-0.39, 0.29) is 0 Å². The van der Waals surface area contributed by atoms with Crippen molar-refractivity contribution < 1.29 is 9.47 Å². The molecule has 0 aromatic heterocycles. The van der Waals surface area contributed by atoms with Gasteiger partial charge in [-0.05, 0) is 18.2 Å². The van der Waals surface area contributed by atoms with Gasteiger partial charge in [0.2, 0.25) is 0 Å². The van der Waals surface area contributed by atoms with Crippen LogP contribution in [0, 0.1) is 0 Å². The summed E-state index contributed by atoms with van der Waals surface area (Å²) in [5, 5.41) is 4.11. The largest absolute Gasteiger partial charge is 0.493 e. The highest BCUT2D eigenvalue weighted by Gasteiger charge is 2.15. The van der Waals surface area contributed by atoms with Crippen LogP contribution in [0.2, 0.25) is 5.02 Å². The van der Waals surface area contributed by atoms with Crippen LogP contribution in [-0.4, -0.2) is 13.2 Å². The molecule has 0 aliphatic heterocycles. The van der Waals surface area contributed by atoms with E-state index >= 15 is 0 Å². The lowest BCUT2D eigenvalue weighted by atomic mass is 10.1. The number of ether oxygens (including phenoxy) is 2. The molecule has 2 rings (SSSR count). The fourth-order valence-electron chi connectivity index (χ4n) is 2.14. The SMILES string of the molecule is COc1ccc(Br)c(CNC(C)C)c1OCc1ccccc1Cl. The monoisotopic (exact) mass is 397 g/mol. The van der Waals surface area contributed by atoms with Crippen LogP contribution in [0.15, 0.2) is 40.9 Å². The minimum Gasteiger partial charge on any atom is -0.493 e. The molecule has 0 aliphatic carbocycles. The number of nitrogens with one attached hydrogen (secondary N) is 1. The average Bonchev–Trinajstić information content (AvgIpc) is 2.53. The Kier molecular flexibility index (Phi) is 6.75. The maximum Gasteiger partial charge on any atom is 0.167 e. The van der Waals surface area contributed by atoms with Gasteiger partial charge in [-0.1, -0.05) is 59.6 Å². The number of benzene rings is 2. The van der Waals surface area contributed by atoms with Gasteiger partial charge in [0.15, 0.2) is 11.5 Å². The molecule has 0 aliphatic rings. The molecule has 3 nitrogen and oxygen atoms in total. The van der Waals surface area contributed by atoms with Crippen molar-refractivity contribution in [3.63, 3.8) is 0 Å². The van der Waals surface area contributed by atoms with Crippen LogP contribution in [0.25, 0.3) is 0 Å². The Morgan fingerprint density at radius 2 is 1.91 bits per heavy atom. The summed E-state index contributed by atoms with van der Waals surface area (Å²) in [5.41, 5.74) is 1.98. The first-order valence-electron chi connectivity index (χ1n) is 7.48. The zero-order valence-corrected chi connectivity index (χ0v) is 15.9. The van der Waals surface area contributed by atoms with E-state index in [0.717, 1.165) is 21.3 Å². The normalized spacial score (nSPS) is 10.9. The smallest absolute Gasteiger partial charge is 0.167 e. The Morgan fingerprint density at radius 3 is 2.57 bits per heavy atom. The Bertz CT molecular complexity index is 661. The number of rotatable bonds is 7. The van der Waals surface area contributed by atoms with Crippen molar-refractivity contribution in [3.8, 4) is 11.5 Å². The molecule has 0 atom stereocenters. The van der Waals surface area contributed by atoms with Crippen LogP contribution in [0.4, 0.5) is 0 Å². The van der Waals surface area contributed by atoms with Crippen LogP contribution in [0.5, 0.6) is 11.5 Å². The van der Waals surface area contributed by atoms with Gasteiger partial charge in [-0.25, -0.2) is 0 Å². The maximum atomic E-state index is 6.21. The molecule has 0 heterocycles. The standard InChI is InChI=1S/C18H21BrClNO2/c1-12(2)21-10-14-15(19)8-9-17(22-3)18(14)23-11-13-6-4-5-7-16(13)20/h4-9,12,21H,10-11H2,1-3H3. The Labute approximate surface area is 151 Å². The molecule has 0 fully saturated rings. The molecule has 0 amide bonds. The van der Waals surface area contributed by atoms with Crippen molar-refractivity contribution in [2.45, 2.75) is 33.0 Å². The lowest BCUT2D eigenvalue weighted by molar-refractivity contribution is 0.280. The number of hydrogen-bond donors (Lipinski definition) is 1. The van der Waals surface area contributed by atoms with E-state index in [4.69, 9.17) is 21.1 Å². The molecular weight excluding hydrogens is 378 g/mol. The molecule has 2 aromatic rings. The van der Waals surface area contributed by atoms with Gasteiger partial charge in [-0.3, -0.25) is 0 Å². The lowest BCUT2D eigenvalue weighted by Gasteiger charge is -2.18. The highest BCUT2D eigenvalue weighted by molar-refractivity contribution is 9.10. The van der Waals surface area contributed by atoms with Crippen LogP contribution < -0.4 is 14.8 Å². The van der Waals surface area contributed by atoms with Gasteiger partial charge in [0, 0.05) is 33.2 Å². The summed E-state index contributed by atoms with van der Waals surface area (Å²) in [6.07, 6.45) is 0. The predicted molar refractivity (Wildman–Crippen MR) is 98.5 cm³/mol. The van der Waals surface area contributed by atoms with E-state index in [9.17, 15) is 0 Å². The number of hydrogen-bond acceptors (Lipinski definition) is 3. The second-order valence-electron chi connectivity index (χ2n) is 5.47. The minimum atomic E-state index is 0.379. The molecule has 0 unspecified atom stereocenters. The maximum absolute atomic E-state index is 6.21. The average molecular weight is 399 g/mol. The fourth-order valence-corrected chi connectivity index (χ4v) is 2.78. The summed E-state index contributed by atoms with van der Waals surface area (Å²) in [6.45, 7) is 5.30. The first-order valence-corrected chi connectivity index (χ1v) is 8.65. The summed E-state index contributed by atoms with van der Waals surface area (Å²) in [6, 6.07) is 11.9. The summed E-state index contributed by atoms with van der Waals surface area (Å²) >= 11 is 9.80. The van der Waals surface area contributed by atoms with Crippen LogP contribution in [0.1, 0.15) is 25.0 Å². The number of halogens is 2. The highest BCUT2D eigenvalue weighted by atomic mass is 79.9. The van der Waals surface area contributed by atoms with E-state index in [2.05, 4.69) is 35.1 Å². The van der Waals surface area contributed by atoms with Gasteiger partial charge in [-0.2, -0.15) is 0 Å². The van der Waals surface area contributed by atoms with Crippen molar-refractivity contribution in [2.75, 3.05) is 7.11 Å². The first-order chi connectivity index (χ1) is 11.0. The van der Waals surface area contributed by atoms with E-state index < -0.39 is 0 Å². The van der Waals surface area contributed by atoms with Crippen molar-refractivity contribution >= 4 is 27.5 Å². The zero-order valence-electron chi connectivity index (χ0n) is 13.5. The summed E-state index contributed by atoms with van der Waals surface area (Å²) in [7, 11) is 1.64. The summed E-state index contributed by atoms with van der Waals surface area (Å²) < 4.78 is 12.5. The second-order valence-corrected chi connectivity index (χ2v) is 6.73. The second kappa shape index (κ2) is 8.57. The zero-order chi connectivity index (χ0) is 16.8. The van der Waals surface area contributed by atoms with Crippen molar-refractivity contribution in [1.29, 1.82) is 0 Å². The molecule has 0 bridgehead atoms. The molecular formula is C18H21BrClNO2. The molecule has 23 heavy (non-hydrogen) atoms. The Morgan fingerprint density at radius 1 is 1.17 bits per heavy atom. The topological polar surface area (TPSA) is 30.5 Å². The van der Waals surface area contributed by atoms with Gasteiger partial charge in [0.05, 0.1) is 7.11 Å². The molecule has 124 valence electrons. The first kappa shape index (κ1) is 18.1. The Hall–Kier alpha value is -1.23. The number of methoxy groups -OCH3 is 1. The molecule has 0 spiro atoms. The third-order valence-electron chi connectivity index (χ3n) is 3.40. The third-order valence-corrected chi connectivity index (χ3v) is 4.52. The third kappa shape index (κ3) is 4.87. The quantitative estimate of drug-likeness (QED) is 0.696. The molecule has 5 heteroatoms. The highest BCUT2D eigenvalue weighted by Crippen LogP contribution is 2.37. The summed E-state index contributed by atoms with van der Waals surface area (Å²) in [4.78, 5) is 0. The van der Waals surface area contributed by atoms with Crippen LogP contribution in [-0.2, 0) is 13.2 Å². The Balaban J connectivity index is 2.27. The molecule has 0 radical (unpaired) electrons. The van der Waals surface area contributed by atoms with E-state index in [1.165, 1.54) is 0 Å². The predicted octanol–water partition coefficient (Wildman–Crippen LogP) is 5.19. The van der Waals surface area contributed by atoms with Crippen molar-refractivity contribution in [1.82, 2.24) is 5.32 Å². The van der Waals surface area contributed by atoms with Crippen molar-refractivity contribution in [2.24, 2.45) is 0 Å². The minimum absolute atomic E-state index is 0.379. The molecule has 0 saturated heterocycles. The molecule has 1 N–H and O–H groups in total. The summed E-state index contributed by atoms with van der Waals surface area (Å²) in [5.74, 6) is 1.44. The molecule has 2 aromatic carbocycles. The van der Waals surface area contributed by atoms with Crippen LogP contribution >= 0.6 is 27.5 Å². The van der Waals surface area contributed by atoms with E-state index in [1.54, 1.807) is 7.11 Å². The van der Waals surface area contributed by atoms with Gasteiger partial charge in [0.1, 0.15) is 6.61 Å². The van der Waals surface area contributed by atoms with Gasteiger partial charge in [0.25, 0.3) is 0 Å². The van der Waals surface area contributed by atoms with E-state index in [0.29, 0.717) is 30.0 Å².